The van der Waals surface area contributed by atoms with E-state index in [2.05, 4.69) is 15.9 Å². The molecule has 0 heterocycles. The summed E-state index contributed by atoms with van der Waals surface area (Å²) in [5, 5.41) is 1.19. The van der Waals surface area contributed by atoms with E-state index in [4.69, 9.17) is 5.84 Å². The molecule has 0 saturated heterocycles. The molecule has 2 N–H and O–H groups in total. The highest BCUT2D eigenvalue weighted by Crippen LogP contribution is 2.49. The first-order chi connectivity index (χ1) is 7.06. The van der Waals surface area contributed by atoms with E-state index in [9.17, 15) is 4.79 Å². The van der Waals surface area contributed by atoms with Gasteiger partial charge in [-0.15, -0.1) is 0 Å². The fraction of sp³-hybridized carbons (Fsp3) is 0.364. The van der Waals surface area contributed by atoms with Crippen LogP contribution in [0.25, 0.3) is 0 Å². The van der Waals surface area contributed by atoms with Crippen molar-refractivity contribution in [2.24, 2.45) is 5.84 Å². The second-order valence-corrected chi connectivity index (χ2v) is 4.92. The van der Waals surface area contributed by atoms with Crippen LogP contribution in [-0.2, 0) is 10.2 Å². The molecule has 1 aliphatic carbocycles. The number of carbonyl (C=O) groups excluding carboxylic acids is 1. The van der Waals surface area contributed by atoms with Crippen LogP contribution in [0.15, 0.2) is 28.7 Å². The molecule has 0 aliphatic heterocycles. The van der Waals surface area contributed by atoms with Crippen LogP contribution in [0.1, 0.15) is 18.4 Å². The quantitative estimate of drug-likeness (QED) is 0.505. The number of hydrazine groups is 1. The van der Waals surface area contributed by atoms with E-state index in [-0.39, 0.29) is 11.3 Å². The van der Waals surface area contributed by atoms with Gasteiger partial charge in [0.05, 0.1) is 5.41 Å². The van der Waals surface area contributed by atoms with E-state index in [0.717, 1.165) is 22.9 Å². The number of nitrogens with two attached hydrogens (primary N) is 1. The minimum atomic E-state index is -0.354. The predicted molar refractivity (Wildman–Crippen MR) is 62.0 cm³/mol. The summed E-state index contributed by atoms with van der Waals surface area (Å²) in [5.74, 6) is 5.51. The SMILES string of the molecule is CN(N)C(=O)C1(c2cccc(Br)c2)CC1. The van der Waals surface area contributed by atoms with Crippen LogP contribution in [0, 0.1) is 0 Å². The first-order valence-electron chi connectivity index (χ1n) is 4.85. The number of rotatable bonds is 2. The number of carbonyl (C=O) groups is 1. The average Bonchev–Trinajstić information content (AvgIpc) is 2.97. The summed E-state index contributed by atoms with van der Waals surface area (Å²) in [6.07, 6.45) is 1.79. The van der Waals surface area contributed by atoms with E-state index in [0.29, 0.717) is 0 Å². The van der Waals surface area contributed by atoms with Gasteiger partial charge in [-0.2, -0.15) is 0 Å². The lowest BCUT2D eigenvalue weighted by molar-refractivity contribution is -0.132. The van der Waals surface area contributed by atoms with Crippen molar-refractivity contribution in [3.8, 4) is 0 Å². The van der Waals surface area contributed by atoms with Gasteiger partial charge in [0.1, 0.15) is 0 Å². The molecule has 0 atom stereocenters. The van der Waals surface area contributed by atoms with Crippen molar-refractivity contribution in [1.29, 1.82) is 0 Å². The summed E-state index contributed by atoms with van der Waals surface area (Å²) in [4.78, 5) is 11.9. The third-order valence-corrected chi connectivity index (χ3v) is 3.35. The standard InChI is InChI=1S/C11H13BrN2O/c1-14(13)10(15)11(5-6-11)8-3-2-4-9(12)7-8/h2-4,7H,5-6,13H2,1H3. The van der Waals surface area contributed by atoms with Crippen molar-refractivity contribution in [3.63, 3.8) is 0 Å². The number of halogens is 1. The maximum atomic E-state index is 11.9. The molecule has 80 valence electrons. The summed E-state index contributed by atoms with van der Waals surface area (Å²) < 4.78 is 0.999. The number of amides is 1. The van der Waals surface area contributed by atoms with Gasteiger partial charge in [0, 0.05) is 11.5 Å². The van der Waals surface area contributed by atoms with Crippen LogP contribution in [0.4, 0.5) is 0 Å². The Labute approximate surface area is 97.3 Å². The lowest BCUT2D eigenvalue weighted by Crippen LogP contribution is -2.41. The van der Waals surface area contributed by atoms with Crippen molar-refractivity contribution >= 4 is 21.8 Å². The molecule has 1 saturated carbocycles. The van der Waals surface area contributed by atoms with Crippen molar-refractivity contribution in [1.82, 2.24) is 5.01 Å². The Morgan fingerprint density at radius 2 is 2.20 bits per heavy atom. The van der Waals surface area contributed by atoms with Crippen molar-refractivity contribution in [3.05, 3.63) is 34.3 Å². The molecule has 1 aliphatic rings. The fourth-order valence-corrected chi connectivity index (χ4v) is 2.27. The fourth-order valence-electron chi connectivity index (χ4n) is 1.87. The summed E-state index contributed by atoms with van der Waals surface area (Å²) in [5.41, 5.74) is 0.701. The lowest BCUT2D eigenvalue weighted by Gasteiger charge is -2.19. The van der Waals surface area contributed by atoms with Crippen LogP contribution >= 0.6 is 15.9 Å². The zero-order valence-electron chi connectivity index (χ0n) is 8.53. The van der Waals surface area contributed by atoms with Crippen molar-refractivity contribution in [2.75, 3.05) is 7.05 Å². The van der Waals surface area contributed by atoms with Gasteiger partial charge in [-0.3, -0.25) is 9.80 Å². The van der Waals surface area contributed by atoms with Gasteiger partial charge >= 0.3 is 0 Å². The van der Waals surface area contributed by atoms with Gasteiger partial charge in [0.15, 0.2) is 0 Å². The highest BCUT2D eigenvalue weighted by Gasteiger charge is 2.52. The number of benzene rings is 1. The van der Waals surface area contributed by atoms with E-state index in [1.165, 1.54) is 5.01 Å². The second-order valence-electron chi connectivity index (χ2n) is 4.01. The number of hydrogen-bond acceptors (Lipinski definition) is 2. The van der Waals surface area contributed by atoms with E-state index < -0.39 is 0 Å². The molecule has 0 unspecified atom stereocenters. The van der Waals surface area contributed by atoms with Gasteiger partial charge in [0.25, 0.3) is 0 Å². The highest BCUT2D eigenvalue weighted by molar-refractivity contribution is 9.10. The Morgan fingerprint density at radius 3 is 2.67 bits per heavy atom. The third kappa shape index (κ3) is 1.79. The van der Waals surface area contributed by atoms with Crippen LogP contribution in [-0.4, -0.2) is 18.0 Å². The third-order valence-electron chi connectivity index (χ3n) is 2.86. The smallest absolute Gasteiger partial charge is 0.246 e. The lowest BCUT2D eigenvalue weighted by atomic mass is 9.95. The monoisotopic (exact) mass is 268 g/mol. The van der Waals surface area contributed by atoms with Crippen LogP contribution in [0.5, 0.6) is 0 Å². The first kappa shape index (κ1) is 10.6. The number of hydrogen-bond donors (Lipinski definition) is 1. The maximum absolute atomic E-state index is 11.9. The van der Waals surface area contributed by atoms with Gasteiger partial charge in [-0.25, -0.2) is 5.84 Å². The molecular formula is C11H13BrN2O. The molecule has 0 aromatic heterocycles. The van der Waals surface area contributed by atoms with Crippen molar-refractivity contribution < 1.29 is 4.79 Å². The summed E-state index contributed by atoms with van der Waals surface area (Å²) in [6, 6.07) is 7.88. The molecule has 4 heteroatoms. The number of nitrogens with zero attached hydrogens (tertiary/aromatic N) is 1. The van der Waals surface area contributed by atoms with Gasteiger partial charge in [0.2, 0.25) is 5.91 Å². The molecule has 0 bridgehead atoms. The van der Waals surface area contributed by atoms with E-state index >= 15 is 0 Å². The zero-order chi connectivity index (χ0) is 11.1. The summed E-state index contributed by atoms with van der Waals surface area (Å²) in [7, 11) is 1.60. The van der Waals surface area contributed by atoms with Gasteiger partial charge < -0.3 is 0 Å². The molecule has 1 amide bonds. The Morgan fingerprint density at radius 1 is 1.53 bits per heavy atom. The summed E-state index contributed by atoms with van der Waals surface area (Å²) >= 11 is 3.41. The maximum Gasteiger partial charge on any atom is 0.246 e. The van der Waals surface area contributed by atoms with E-state index in [1.54, 1.807) is 7.05 Å². The Bertz CT molecular complexity index is 399. The van der Waals surface area contributed by atoms with Crippen LogP contribution in [0.2, 0.25) is 0 Å². The molecule has 2 rings (SSSR count). The molecule has 1 fully saturated rings. The second kappa shape index (κ2) is 3.61. The molecular weight excluding hydrogens is 256 g/mol. The number of likely N-dealkylation sites (N-methyl/N-ethyl adjacent to an activating group) is 1. The normalized spacial score (nSPS) is 17.3. The summed E-state index contributed by atoms with van der Waals surface area (Å²) in [6.45, 7) is 0. The minimum Gasteiger partial charge on any atom is -0.283 e. The molecule has 0 spiro atoms. The van der Waals surface area contributed by atoms with Gasteiger partial charge in [-0.1, -0.05) is 28.1 Å². The molecule has 15 heavy (non-hydrogen) atoms. The largest absolute Gasteiger partial charge is 0.283 e. The molecule has 3 nitrogen and oxygen atoms in total. The highest BCUT2D eigenvalue weighted by atomic mass is 79.9. The Hall–Kier alpha value is -0.870. The molecule has 1 aromatic rings. The van der Waals surface area contributed by atoms with Gasteiger partial charge in [-0.05, 0) is 30.5 Å². The minimum absolute atomic E-state index is 0.000556. The average molecular weight is 269 g/mol. The van der Waals surface area contributed by atoms with Crippen molar-refractivity contribution in [2.45, 2.75) is 18.3 Å². The Balaban J connectivity index is 2.35. The van der Waals surface area contributed by atoms with Crippen LogP contribution < -0.4 is 5.84 Å². The zero-order valence-corrected chi connectivity index (χ0v) is 10.1. The predicted octanol–water partition coefficient (Wildman–Crippen LogP) is 1.81. The molecule has 1 aromatic carbocycles. The van der Waals surface area contributed by atoms with E-state index in [1.807, 2.05) is 24.3 Å². The van der Waals surface area contributed by atoms with Crippen LogP contribution in [0.3, 0.4) is 0 Å². The topological polar surface area (TPSA) is 46.3 Å². The molecule has 0 radical (unpaired) electrons. The first-order valence-corrected chi connectivity index (χ1v) is 5.64. The Kier molecular flexibility index (Phi) is 2.56.